The van der Waals surface area contributed by atoms with Crippen LogP contribution in [0.25, 0.3) is 5.52 Å². The fourth-order valence-corrected chi connectivity index (χ4v) is 3.85. The van der Waals surface area contributed by atoms with Crippen molar-refractivity contribution in [3.63, 3.8) is 0 Å². The number of rotatable bonds is 5. The lowest BCUT2D eigenvalue weighted by molar-refractivity contribution is 0.102. The Hall–Kier alpha value is -2.91. The molecular formula is C21H28ClN7O2. The van der Waals surface area contributed by atoms with Gasteiger partial charge in [0, 0.05) is 25.2 Å². The van der Waals surface area contributed by atoms with Gasteiger partial charge in [-0.15, -0.1) is 22.6 Å². The first-order valence-corrected chi connectivity index (χ1v) is 10.2. The van der Waals surface area contributed by atoms with Crippen LogP contribution in [0.1, 0.15) is 36.8 Å². The summed E-state index contributed by atoms with van der Waals surface area (Å²) < 4.78 is 7.37. The second kappa shape index (κ2) is 9.49. The Labute approximate surface area is 187 Å². The van der Waals surface area contributed by atoms with Crippen molar-refractivity contribution in [1.29, 1.82) is 0 Å². The molecule has 0 saturated carbocycles. The van der Waals surface area contributed by atoms with Gasteiger partial charge in [0.2, 0.25) is 0 Å². The number of ether oxygens (including phenoxy) is 1. The van der Waals surface area contributed by atoms with E-state index in [0.717, 1.165) is 30.1 Å². The van der Waals surface area contributed by atoms with E-state index in [1.807, 2.05) is 26.0 Å². The summed E-state index contributed by atoms with van der Waals surface area (Å²) in [5, 5.41) is 19.2. The third-order valence-corrected chi connectivity index (χ3v) is 5.00. The summed E-state index contributed by atoms with van der Waals surface area (Å²) in [6.07, 6.45) is 1.72. The SMILES string of the molecule is CCOc1cn2nc(C)cc2cc1C(=O)Nc1ccc(N2C[C@@H](C)N[C@@H](C)C2)nn1.Cl. The minimum Gasteiger partial charge on any atom is -0.491 e. The summed E-state index contributed by atoms with van der Waals surface area (Å²) in [6.45, 7) is 10.3. The van der Waals surface area contributed by atoms with E-state index in [0.29, 0.717) is 35.8 Å². The van der Waals surface area contributed by atoms with E-state index in [1.165, 1.54) is 0 Å². The number of aromatic nitrogens is 4. The summed E-state index contributed by atoms with van der Waals surface area (Å²) in [5.74, 6) is 1.37. The number of halogens is 1. The van der Waals surface area contributed by atoms with Gasteiger partial charge in [-0.05, 0) is 52.0 Å². The van der Waals surface area contributed by atoms with Crippen molar-refractivity contribution in [2.24, 2.45) is 0 Å². The topological polar surface area (TPSA) is 96.7 Å². The molecule has 1 saturated heterocycles. The summed E-state index contributed by atoms with van der Waals surface area (Å²) in [4.78, 5) is 15.1. The number of fused-ring (bicyclic) bond motifs is 1. The van der Waals surface area contributed by atoms with Gasteiger partial charge < -0.3 is 20.3 Å². The monoisotopic (exact) mass is 445 g/mol. The van der Waals surface area contributed by atoms with Crippen LogP contribution in [0.2, 0.25) is 0 Å². The van der Waals surface area contributed by atoms with Gasteiger partial charge >= 0.3 is 0 Å². The molecule has 166 valence electrons. The van der Waals surface area contributed by atoms with Crippen LogP contribution in [0.3, 0.4) is 0 Å². The van der Waals surface area contributed by atoms with Gasteiger partial charge in [0.05, 0.1) is 29.6 Å². The van der Waals surface area contributed by atoms with Crippen molar-refractivity contribution >= 4 is 35.5 Å². The molecule has 1 fully saturated rings. The van der Waals surface area contributed by atoms with E-state index in [4.69, 9.17) is 4.74 Å². The van der Waals surface area contributed by atoms with Gasteiger partial charge in [0.15, 0.2) is 11.6 Å². The summed E-state index contributed by atoms with van der Waals surface area (Å²) in [5.41, 5.74) is 2.12. The highest BCUT2D eigenvalue weighted by molar-refractivity contribution is 6.06. The van der Waals surface area contributed by atoms with Gasteiger partial charge in [0.25, 0.3) is 5.91 Å². The molecule has 4 heterocycles. The van der Waals surface area contributed by atoms with Crippen LogP contribution in [0, 0.1) is 6.92 Å². The number of nitrogens with one attached hydrogen (secondary N) is 2. The Morgan fingerprint density at radius 1 is 1.23 bits per heavy atom. The predicted molar refractivity (Wildman–Crippen MR) is 123 cm³/mol. The number of hydrogen-bond acceptors (Lipinski definition) is 7. The summed E-state index contributed by atoms with van der Waals surface area (Å²) >= 11 is 0. The molecule has 9 nitrogen and oxygen atoms in total. The minimum absolute atomic E-state index is 0. The normalized spacial score (nSPS) is 18.5. The van der Waals surface area contributed by atoms with Gasteiger partial charge in [-0.3, -0.25) is 4.79 Å². The van der Waals surface area contributed by atoms with Crippen molar-refractivity contribution in [3.8, 4) is 5.75 Å². The zero-order chi connectivity index (χ0) is 21.3. The van der Waals surface area contributed by atoms with Crippen LogP contribution in [-0.4, -0.2) is 57.5 Å². The molecule has 1 aliphatic heterocycles. The fourth-order valence-electron chi connectivity index (χ4n) is 3.85. The largest absolute Gasteiger partial charge is 0.491 e. The maximum Gasteiger partial charge on any atom is 0.260 e. The van der Waals surface area contributed by atoms with Crippen LogP contribution in [0.5, 0.6) is 5.75 Å². The molecule has 1 aliphatic rings. The molecule has 3 aromatic heterocycles. The maximum atomic E-state index is 12.9. The van der Waals surface area contributed by atoms with Crippen LogP contribution in [-0.2, 0) is 0 Å². The molecule has 0 aliphatic carbocycles. The zero-order valence-electron chi connectivity index (χ0n) is 18.1. The van der Waals surface area contributed by atoms with E-state index in [-0.39, 0.29) is 18.3 Å². The lowest BCUT2D eigenvalue weighted by Crippen LogP contribution is -2.54. The van der Waals surface area contributed by atoms with Crippen LogP contribution in [0.4, 0.5) is 11.6 Å². The third kappa shape index (κ3) is 5.05. The number of amides is 1. The molecule has 1 amide bonds. The minimum atomic E-state index is -0.300. The van der Waals surface area contributed by atoms with Crippen molar-refractivity contribution in [3.05, 3.63) is 41.7 Å². The number of aryl methyl sites for hydroxylation is 1. The fraction of sp³-hybridized carbons (Fsp3) is 0.429. The standard InChI is InChI=1S/C21H27N7O2.ClH/c1-5-30-18-12-28-16(8-13(2)26-28)9-17(18)21(29)23-19-6-7-20(25-24-19)27-10-14(3)22-15(4)11-27;/h6-9,12,14-15,22H,5,10-11H2,1-4H3,(H,23,24,29);1H/t14-,15+;. The highest BCUT2D eigenvalue weighted by Gasteiger charge is 2.22. The Bertz CT molecular complexity index is 1040. The number of pyridine rings is 1. The van der Waals surface area contributed by atoms with Crippen molar-refractivity contribution in [2.75, 3.05) is 29.9 Å². The van der Waals surface area contributed by atoms with Gasteiger partial charge in [-0.25, -0.2) is 4.52 Å². The first kappa shape index (κ1) is 22.8. The highest BCUT2D eigenvalue weighted by Crippen LogP contribution is 2.23. The molecule has 2 atom stereocenters. The lowest BCUT2D eigenvalue weighted by atomic mass is 10.1. The number of carbonyl (C=O) groups is 1. The van der Waals surface area contributed by atoms with Crippen molar-refractivity contribution in [1.82, 2.24) is 25.1 Å². The predicted octanol–water partition coefficient (Wildman–Crippen LogP) is 2.69. The Morgan fingerprint density at radius 3 is 2.61 bits per heavy atom. The average Bonchev–Trinajstić information content (AvgIpc) is 3.06. The maximum absolute atomic E-state index is 12.9. The Balaban J connectivity index is 0.00000272. The first-order chi connectivity index (χ1) is 14.4. The molecule has 4 rings (SSSR count). The van der Waals surface area contributed by atoms with Gasteiger partial charge in [-0.2, -0.15) is 5.10 Å². The van der Waals surface area contributed by atoms with Gasteiger partial charge in [-0.1, -0.05) is 0 Å². The molecular weight excluding hydrogens is 418 g/mol. The van der Waals surface area contributed by atoms with E-state index in [2.05, 4.69) is 44.7 Å². The molecule has 0 bridgehead atoms. The molecule has 31 heavy (non-hydrogen) atoms. The number of hydrogen-bond donors (Lipinski definition) is 2. The van der Waals surface area contributed by atoms with E-state index >= 15 is 0 Å². The van der Waals surface area contributed by atoms with Crippen LogP contribution < -0.4 is 20.3 Å². The molecule has 10 heteroatoms. The van der Waals surface area contributed by atoms with Crippen molar-refractivity contribution in [2.45, 2.75) is 39.8 Å². The Morgan fingerprint density at radius 2 is 1.97 bits per heavy atom. The van der Waals surface area contributed by atoms with Crippen molar-refractivity contribution < 1.29 is 9.53 Å². The first-order valence-electron chi connectivity index (χ1n) is 10.2. The number of anilines is 2. The Kier molecular flexibility index (Phi) is 6.97. The van der Waals surface area contributed by atoms with Crippen LogP contribution >= 0.6 is 12.4 Å². The molecule has 3 aromatic rings. The van der Waals surface area contributed by atoms with E-state index < -0.39 is 0 Å². The second-order valence-electron chi connectivity index (χ2n) is 7.74. The zero-order valence-corrected chi connectivity index (χ0v) is 18.9. The number of carbonyl (C=O) groups excluding carboxylic acids is 1. The van der Waals surface area contributed by atoms with Crippen LogP contribution in [0.15, 0.2) is 30.5 Å². The lowest BCUT2D eigenvalue weighted by Gasteiger charge is -2.36. The van der Waals surface area contributed by atoms with Gasteiger partial charge in [0.1, 0.15) is 5.75 Å². The summed E-state index contributed by atoms with van der Waals surface area (Å²) in [6, 6.07) is 8.12. The molecule has 2 N–H and O–H groups in total. The molecule has 0 aromatic carbocycles. The summed E-state index contributed by atoms with van der Waals surface area (Å²) in [7, 11) is 0. The van der Waals surface area contributed by atoms with E-state index in [1.54, 1.807) is 22.8 Å². The quantitative estimate of drug-likeness (QED) is 0.623. The number of nitrogens with zero attached hydrogens (tertiary/aromatic N) is 5. The van der Waals surface area contributed by atoms with E-state index in [9.17, 15) is 4.79 Å². The average molecular weight is 446 g/mol. The third-order valence-electron chi connectivity index (χ3n) is 5.00. The molecule has 0 spiro atoms. The number of piperazine rings is 1. The highest BCUT2D eigenvalue weighted by atomic mass is 35.5. The smallest absolute Gasteiger partial charge is 0.260 e. The second-order valence-corrected chi connectivity index (χ2v) is 7.74. The molecule has 0 radical (unpaired) electrons. The molecule has 0 unspecified atom stereocenters.